The summed E-state index contributed by atoms with van der Waals surface area (Å²) in [6.07, 6.45) is 2.00. The fourth-order valence-electron chi connectivity index (χ4n) is 3.19. The molecule has 0 unspecified atom stereocenters. The van der Waals surface area contributed by atoms with Crippen LogP contribution in [0.1, 0.15) is 21.5 Å². The average Bonchev–Trinajstić information content (AvgIpc) is 2.64. The zero-order valence-corrected chi connectivity index (χ0v) is 16.5. The van der Waals surface area contributed by atoms with E-state index in [1.165, 1.54) is 16.8 Å². The van der Waals surface area contributed by atoms with Gasteiger partial charge in [-0.15, -0.1) is 11.8 Å². The number of anilines is 1. The zero-order chi connectivity index (χ0) is 18.0. The molecule has 0 aliphatic carbocycles. The molecule has 0 radical (unpaired) electrons. The molecule has 1 aliphatic rings. The number of rotatable bonds is 3. The monoisotopic (exact) mass is 374 g/mol. The summed E-state index contributed by atoms with van der Waals surface area (Å²) in [5.41, 5.74) is 4.50. The molecule has 0 aromatic heterocycles. The molecular formula is C20H23ClN2OS. The van der Waals surface area contributed by atoms with Crippen molar-refractivity contribution in [3.8, 4) is 0 Å². The lowest BCUT2D eigenvalue weighted by Crippen LogP contribution is -2.49. The predicted molar refractivity (Wildman–Crippen MR) is 107 cm³/mol. The molecule has 0 spiro atoms. The maximum Gasteiger partial charge on any atom is 0.255 e. The Hall–Kier alpha value is -1.65. The largest absolute Gasteiger partial charge is 0.368 e. The van der Waals surface area contributed by atoms with Gasteiger partial charge in [-0.25, -0.2) is 0 Å². The van der Waals surface area contributed by atoms with Gasteiger partial charge in [0.15, 0.2) is 0 Å². The number of halogens is 1. The molecule has 1 fully saturated rings. The van der Waals surface area contributed by atoms with Crippen LogP contribution >= 0.6 is 23.4 Å². The first-order valence-corrected chi connectivity index (χ1v) is 10.1. The predicted octanol–water partition coefficient (Wildman–Crippen LogP) is 4.64. The van der Waals surface area contributed by atoms with E-state index in [9.17, 15) is 4.79 Å². The van der Waals surface area contributed by atoms with Crippen LogP contribution in [0, 0.1) is 13.8 Å². The Morgan fingerprint density at radius 1 is 1.08 bits per heavy atom. The topological polar surface area (TPSA) is 23.6 Å². The molecule has 1 amide bonds. The number of amides is 1. The molecule has 2 aromatic carbocycles. The molecule has 0 N–H and O–H groups in total. The highest BCUT2D eigenvalue weighted by Crippen LogP contribution is 2.27. The average molecular weight is 375 g/mol. The third kappa shape index (κ3) is 3.80. The Morgan fingerprint density at radius 2 is 1.80 bits per heavy atom. The van der Waals surface area contributed by atoms with Gasteiger partial charge in [0.25, 0.3) is 5.91 Å². The van der Waals surface area contributed by atoms with Gasteiger partial charge < -0.3 is 9.80 Å². The van der Waals surface area contributed by atoms with Crippen LogP contribution in [0.4, 0.5) is 5.69 Å². The summed E-state index contributed by atoms with van der Waals surface area (Å²) in [7, 11) is 0. The van der Waals surface area contributed by atoms with Crippen molar-refractivity contribution >= 4 is 35.0 Å². The highest BCUT2D eigenvalue weighted by molar-refractivity contribution is 7.98. The first kappa shape index (κ1) is 18.2. The first-order chi connectivity index (χ1) is 12.0. The lowest BCUT2D eigenvalue weighted by molar-refractivity contribution is 0.0746. The fraction of sp³-hybridized carbons (Fsp3) is 0.350. The van der Waals surface area contributed by atoms with Crippen molar-refractivity contribution in [2.45, 2.75) is 18.7 Å². The minimum atomic E-state index is 0.0292. The van der Waals surface area contributed by atoms with E-state index in [1.807, 2.05) is 29.4 Å². The Labute approximate surface area is 159 Å². The minimum absolute atomic E-state index is 0.0292. The number of hydrogen-bond acceptors (Lipinski definition) is 3. The molecule has 2 aromatic rings. The number of benzene rings is 2. The first-order valence-electron chi connectivity index (χ1n) is 8.45. The number of hydrogen-bond donors (Lipinski definition) is 0. The number of aryl methyl sites for hydroxylation is 1. The standard InChI is InChI=1S/C20H23ClN2OS/c1-14-5-4-6-19(15(14)2)22-9-11-23(12-10-22)20(24)17-13-16(25-3)7-8-18(17)21/h4-8,13H,9-12H2,1-3H3. The molecule has 132 valence electrons. The molecule has 3 rings (SSSR count). The molecule has 3 nitrogen and oxygen atoms in total. The normalized spacial score (nSPS) is 14.7. The number of piperazine rings is 1. The van der Waals surface area contributed by atoms with Crippen molar-refractivity contribution in [1.29, 1.82) is 0 Å². The van der Waals surface area contributed by atoms with E-state index in [1.54, 1.807) is 11.8 Å². The van der Waals surface area contributed by atoms with Gasteiger partial charge in [0.1, 0.15) is 0 Å². The maximum atomic E-state index is 12.9. The van der Waals surface area contributed by atoms with Gasteiger partial charge in [-0.05, 0) is 55.5 Å². The van der Waals surface area contributed by atoms with Crippen molar-refractivity contribution in [3.63, 3.8) is 0 Å². The molecule has 1 saturated heterocycles. The van der Waals surface area contributed by atoms with Gasteiger partial charge >= 0.3 is 0 Å². The van der Waals surface area contributed by atoms with Crippen LogP contribution in [-0.2, 0) is 0 Å². The number of carbonyl (C=O) groups is 1. The Kier molecular flexibility index (Phi) is 5.60. The smallest absolute Gasteiger partial charge is 0.255 e. The van der Waals surface area contributed by atoms with Gasteiger partial charge in [-0.2, -0.15) is 0 Å². The van der Waals surface area contributed by atoms with Crippen LogP contribution in [0.15, 0.2) is 41.3 Å². The third-order valence-corrected chi connectivity index (χ3v) is 5.94. The molecule has 1 heterocycles. The fourth-order valence-corrected chi connectivity index (χ4v) is 3.83. The van der Waals surface area contributed by atoms with Crippen LogP contribution in [0.25, 0.3) is 0 Å². The Balaban J connectivity index is 1.72. The van der Waals surface area contributed by atoms with E-state index in [0.717, 1.165) is 18.0 Å². The number of nitrogens with zero attached hydrogens (tertiary/aromatic N) is 2. The summed E-state index contributed by atoms with van der Waals surface area (Å²) in [6.45, 7) is 7.42. The summed E-state index contributed by atoms with van der Waals surface area (Å²) in [5.74, 6) is 0.0292. The second-order valence-corrected chi connectivity index (χ2v) is 7.63. The quantitative estimate of drug-likeness (QED) is 0.731. The summed E-state index contributed by atoms with van der Waals surface area (Å²) in [5, 5.41) is 0.528. The Bertz CT molecular complexity index is 785. The van der Waals surface area contributed by atoms with E-state index in [0.29, 0.717) is 23.7 Å². The molecule has 0 saturated carbocycles. The van der Waals surface area contributed by atoms with Gasteiger partial charge in [0, 0.05) is 36.8 Å². The second-order valence-electron chi connectivity index (χ2n) is 6.34. The van der Waals surface area contributed by atoms with E-state index in [4.69, 9.17) is 11.6 Å². The SMILES string of the molecule is CSc1ccc(Cl)c(C(=O)N2CCN(c3cccc(C)c3C)CC2)c1. The molecular weight excluding hydrogens is 352 g/mol. The summed E-state index contributed by atoms with van der Waals surface area (Å²) < 4.78 is 0. The lowest BCUT2D eigenvalue weighted by Gasteiger charge is -2.37. The van der Waals surface area contributed by atoms with Gasteiger partial charge in [0.05, 0.1) is 10.6 Å². The van der Waals surface area contributed by atoms with E-state index < -0.39 is 0 Å². The summed E-state index contributed by atoms with van der Waals surface area (Å²) >= 11 is 7.88. The number of thioether (sulfide) groups is 1. The van der Waals surface area contributed by atoms with Crippen LogP contribution in [0.3, 0.4) is 0 Å². The van der Waals surface area contributed by atoms with Gasteiger partial charge in [-0.3, -0.25) is 4.79 Å². The number of carbonyl (C=O) groups excluding carboxylic acids is 1. The van der Waals surface area contributed by atoms with Crippen molar-refractivity contribution in [3.05, 3.63) is 58.1 Å². The maximum absolute atomic E-state index is 12.9. The van der Waals surface area contributed by atoms with Crippen LogP contribution in [0.2, 0.25) is 5.02 Å². The van der Waals surface area contributed by atoms with E-state index >= 15 is 0 Å². The van der Waals surface area contributed by atoms with Gasteiger partial charge in [-0.1, -0.05) is 23.7 Å². The van der Waals surface area contributed by atoms with Crippen molar-refractivity contribution in [2.24, 2.45) is 0 Å². The van der Waals surface area contributed by atoms with E-state index in [2.05, 4.69) is 36.9 Å². The molecule has 1 aliphatic heterocycles. The highest BCUT2D eigenvalue weighted by atomic mass is 35.5. The molecule has 0 atom stereocenters. The molecule has 25 heavy (non-hydrogen) atoms. The van der Waals surface area contributed by atoms with Gasteiger partial charge in [0.2, 0.25) is 0 Å². The summed E-state index contributed by atoms with van der Waals surface area (Å²) in [6, 6.07) is 12.1. The van der Waals surface area contributed by atoms with Crippen LogP contribution in [0.5, 0.6) is 0 Å². The van der Waals surface area contributed by atoms with Crippen LogP contribution < -0.4 is 4.90 Å². The third-order valence-electron chi connectivity index (χ3n) is 4.89. The van der Waals surface area contributed by atoms with Crippen molar-refractivity contribution in [2.75, 3.05) is 37.3 Å². The van der Waals surface area contributed by atoms with Crippen molar-refractivity contribution < 1.29 is 4.79 Å². The second kappa shape index (κ2) is 7.71. The van der Waals surface area contributed by atoms with Crippen LogP contribution in [-0.4, -0.2) is 43.2 Å². The molecule has 0 bridgehead atoms. The highest BCUT2D eigenvalue weighted by Gasteiger charge is 2.24. The molecule has 5 heteroatoms. The lowest BCUT2D eigenvalue weighted by atomic mass is 10.1. The summed E-state index contributed by atoms with van der Waals surface area (Å²) in [4.78, 5) is 18.2. The Morgan fingerprint density at radius 3 is 2.48 bits per heavy atom. The minimum Gasteiger partial charge on any atom is -0.368 e. The van der Waals surface area contributed by atoms with E-state index in [-0.39, 0.29) is 5.91 Å². The van der Waals surface area contributed by atoms with Crippen molar-refractivity contribution in [1.82, 2.24) is 4.90 Å². The zero-order valence-electron chi connectivity index (χ0n) is 14.9.